The standard InChI is InChI=1S/C22H25N3O3S/c1-5-25(6-2)17-10-8-16(9-11-17)23-22-24-21(26)20(29-22)13-15-7-12-18(27-3)14-19(15)28-4/h7-14H,5-6H2,1-4H3,(H,23,24,26). The molecule has 3 rings (SSSR count). The van der Waals surface area contributed by atoms with Crippen molar-refractivity contribution in [2.24, 2.45) is 4.99 Å². The highest BCUT2D eigenvalue weighted by atomic mass is 32.2. The summed E-state index contributed by atoms with van der Waals surface area (Å²) in [6, 6.07) is 13.5. The fourth-order valence-corrected chi connectivity index (χ4v) is 3.84. The van der Waals surface area contributed by atoms with Crippen molar-refractivity contribution in [2.45, 2.75) is 13.8 Å². The Labute approximate surface area is 175 Å². The van der Waals surface area contributed by atoms with Gasteiger partial charge in [0.25, 0.3) is 5.91 Å². The van der Waals surface area contributed by atoms with Gasteiger partial charge in [0, 0.05) is 30.4 Å². The Kier molecular flexibility index (Phi) is 6.82. The van der Waals surface area contributed by atoms with Gasteiger partial charge in [0.1, 0.15) is 11.5 Å². The first-order valence-electron chi connectivity index (χ1n) is 9.44. The molecule has 1 amide bonds. The van der Waals surface area contributed by atoms with Crippen LogP contribution >= 0.6 is 11.8 Å². The van der Waals surface area contributed by atoms with Gasteiger partial charge < -0.3 is 19.7 Å². The maximum atomic E-state index is 12.4. The average Bonchev–Trinajstić information content (AvgIpc) is 3.09. The predicted molar refractivity (Wildman–Crippen MR) is 120 cm³/mol. The summed E-state index contributed by atoms with van der Waals surface area (Å²) >= 11 is 1.31. The van der Waals surface area contributed by atoms with Crippen molar-refractivity contribution in [3.05, 3.63) is 52.9 Å². The van der Waals surface area contributed by atoms with E-state index in [2.05, 4.69) is 29.1 Å². The van der Waals surface area contributed by atoms with Crippen molar-refractivity contribution in [3.8, 4) is 11.5 Å². The zero-order chi connectivity index (χ0) is 20.8. The summed E-state index contributed by atoms with van der Waals surface area (Å²) in [5.41, 5.74) is 2.76. The van der Waals surface area contributed by atoms with Gasteiger partial charge in [0.05, 0.1) is 24.8 Å². The third-order valence-electron chi connectivity index (χ3n) is 4.59. The van der Waals surface area contributed by atoms with Crippen LogP contribution in [0, 0.1) is 0 Å². The smallest absolute Gasteiger partial charge is 0.264 e. The summed E-state index contributed by atoms with van der Waals surface area (Å²) in [4.78, 5) is 19.8. The molecule has 0 radical (unpaired) electrons. The molecule has 1 heterocycles. The number of anilines is 1. The molecule has 6 nitrogen and oxygen atoms in total. The molecule has 0 aromatic heterocycles. The highest BCUT2D eigenvalue weighted by Crippen LogP contribution is 2.32. The highest BCUT2D eigenvalue weighted by molar-refractivity contribution is 8.18. The minimum absolute atomic E-state index is 0.175. The molecule has 0 saturated carbocycles. The lowest BCUT2D eigenvalue weighted by molar-refractivity contribution is -0.115. The van der Waals surface area contributed by atoms with Gasteiger partial charge >= 0.3 is 0 Å². The Morgan fingerprint density at radius 2 is 1.79 bits per heavy atom. The lowest BCUT2D eigenvalue weighted by Gasteiger charge is -2.20. The molecule has 1 aliphatic heterocycles. The summed E-state index contributed by atoms with van der Waals surface area (Å²) in [7, 11) is 3.19. The second-order valence-electron chi connectivity index (χ2n) is 6.28. The van der Waals surface area contributed by atoms with Crippen LogP contribution in [0.4, 0.5) is 11.4 Å². The van der Waals surface area contributed by atoms with E-state index in [9.17, 15) is 4.79 Å². The number of hydrogen-bond acceptors (Lipinski definition) is 6. The summed E-state index contributed by atoms with van der Waals surface area (Å²) < 4.78 is 10.6. The van der Waals surface area contributed by atoms with Crippen LogP contribution in [0.2, 0.25) is 0 Å². The number of benzene rings is 2. The summed E-state index contributed by atoms with van der Waals surface area (Å²) in [6.45, 7) is 6.18. The molecule has 1 N–H and O–H groups in total. The van der Waals surface area contributed by atoms with Gasteiger partial charge in [-0.2, -0.15) is 0 Å². The first-order valence-corrected chi connectivity index (χ1v) is 10.3. The number of amides is 1. The fourth-order valence-electron chi connectivity index (χ4n) is 3.00. The Morgan fingerprint density at radius 3 is 2.41 bits per heavy atom. The molecular weight excluding hydrogens is 386 g/mol. The van der Waals surface area contributed by atoms with Crippen molar-refractivity contribution in [1.29, 1.82) is 0 Å². The first-order chi connectivity index (χ1) is 14.1. The molecule has 2 aromatic rings. The monoisotopic (exact) mass is 411 g/mol. The summed E-state index contributed by atoms with van der Waals surface area (Å²) in [6.07, 6.45) is 1.80. The number of aliphatic imine (C=N–C) groups is 1. The molecule has 0 bridgehead atoms. The van der Waals surface area contributed by atoms with E-state index in [1.54, 1.807) is 26.4 Å². The van der Waals surface area contributed by atoms with Gasteiger partial charge in [-0.05, 0) is 68.1 Å². The van der Waals surface area contributed by atoms with E-state index in [0.717, 1.165) is 30.0 Å². The summed E-state index contributed by atoms with van der Waals surface area (Å²) in [5.74, 6) is 1.16. The second kappa shape index (κ2) is 9.52. The van der Waals surface area contributed by atoms with Crippen molar-refractivity contribution >= 4 is 40.3 Å². The highest BCUT2D eigenvalue weighted by Gasteiger charge is 2.24. The van der Waals surface area contributed by atoms with Gasteiger partial charge in [-0.1, -0.05) is 0 Å². The van der Waals surface area contributed by atoms with E-state index in [0.29, 0.717) is 21.6 Å². The van der Waals surface area contributed by atoms with Gasteiger partial charge in [0.2, 0.25) is 0 Å². The average molecular weight is 412 g/mol. The summed E-state index contributed by atoms with van der Waals surface area (Å²) in [5, 5.41) is 3.38. The van der Waals surface area contributed by atoms with Crippen LogP contribution in [0.15, 0.2) is 52.4 Å². The minimum atomic E-state index is -0.175. The van der Waals surface area contributed by atoms with Crippen LogP contribution in [-0.4, -0.2) is 38.4 Å². The lowest BCUT2D eigenvalue weighted by Crippen LogP contribution is -2.21. The molecule has 0 atom stereocenters. The molecule has 0 unspecified atom stereocenters. The van der Waals surface area contributed by atoms with E-state index >= 15 is 0 Å². The van der Waals surface area contributed by atoms with Crippen LogP contribution < -0.4 is 19.7 Å². The number of methoxy groups -OCH3 is 2. The van der Waals surface area contributed by atoms with Crippen LogP contribution in [0.3, 0.4) is 0 Å². The van der Waals surface area contributed by atoms with Crippen LogP contribution in [0.5, 0.6) is 11.5 Å². The van der Waals surface area contributed by atoms with Crippen LogP contribution in [-0.2, 0) is 4.79 Å². The quantitative estimate of drug-likeness (QED) is 0.683. The molecular formula is C22H25N3O3S. The Bertz CT molecular complexity index is 935. The normalized spacial score (nSPS) is 16.2. The molecule has 1 fully saturated rings. The number of carbonyl (C=O) groups is 1. The Balaban J connectivity index is 1.79. The molecule has 0 spiro atoms. The number of thioether (sulfide) groups is 1. The van der Waals surface area contributed by atoms with Crippen molar-refractivity contribution in [2.75, 3.05) is 32.2 Å². The van der Waals surface area contributed by atoms with Crippen molar-refractivity contribution in [1.82, 2.24) is 5.32 Å². The van der Waals surface area contributed by atoms with Gasteiger partial charge in [-0.25, -0.2) is 4.99 Å². The number of rotatable bonds is 7. The number of hydrogen-bond donors (Lipinski definition) is 1. The van der Waals surface area contributed by atoms with E-state index in [1.165, 1.54) is 11.8 Å². The molecule has 152 valence electrons. The maximum absolute atomic E-state index is 12.4. The topological polar surface area (TPSA) is 63.2 Å². The predicted octanol–water partition coefficient (Wildman–Crippen LogP) is 4.44. The first kappa shape index (κ1) is 20.8. The number of nitrogens with one attached hydrogen (secondary N) is 1. The molecule has 1 saturated heterocycles. The second-order valence-corrected chi connectivity index (χ2v) is 7.31. The third kappa shape index (κ3) is 4.92. The zero-order valence-corrected chi connectivity index (χ0v) is 17.9. The number of carbonyl (C=O) groups excluding carboxylic acids is 1. The maximum Gasteiger partial charge on any atom is 0.264 e. The van der Waals surface area contributed by atoms with Gasteiger partial charge in [-0.3, -0.25) is 4.79 Å². The molecule has 29 heavy (non-hydrogen) atoms. The lowest BCUT2D eigenvalue weighted by atomic mass is 10.1. The number of amidine groups is 1. The third-order valence-corrected chi connectivity index (χ3v) is 5.50. The van der Waals surface area contributed by atoms with E-state index < -0.39 is 0 Å². The molecule has 2 aromatic carbocycles. The molecule has 7 heteroatoms. The Morgan fingerprint density at radius 1 is 1.07 bits per heavy atom. The minimum Gasteiger partial charge on any atom is -0.497 e. The van der Waals surface area contributed by atoms with E-state index in [-0.39, 0.29) is 5.91 Å². The van der Waals surface area contributed by atoms with Gasteiger partial charge in [0.15, 0.2) is 5.17 Å². The van der Waals surface area contributed by atoms with Crippen LogP contribution in [0.25, 0.3) is 6.08 Å². The van der Waals surface area contributed by atoms with Crippen LogP contribution in [0.1, 0.15) is 19.4 Å². The number of nitrogens with zero attached hydrogens (tertiary/aromatic N) is 2. The van der Waals surface area contributed by atoms with Gasteiger partial charge in [-0.15, -0.1) is 0 Å². The largest absolute Gasteiger partial charge is 0.497 e. The Hall–Kier alpha value is -2.93. The fraction of sp³-hybridized carbons (Fsp3) is 0.273. The van der Waals surface area contributed by atoms with Crippen molar-refractivity contribution < 1.29 is 14.3 Å². The number of ether oxygens (including phenoxy) is 2. The van der Waals surface area contributed by atoms with E-state index in [1.807, 2.05) is 36.4 Å². The van der Waals surface area contributed by atoms with E-state index in [4.69, 9.17) is 9.47 Å². The molecule has 0 aliphatic carbocycles. The molecule has 1 aliphatic rings. The zero-order valence-electron chi connectivity index (χ0n) is 17.1. The SMILES string of the molecule is CCN(CC)c1ccc(N=C2NC(=O)C(=Cc3ccc(OC)cc3OC)S2)cc1. The van der Waals surface area contributed by atoms with Crippen molar-refractivity contribution in [3.63, 3.8) is 0 Å².